The van der Waals surface area contributed by atoms with Gasteiger partial charge in [0.05, 0.1) is 0 Å². The van der Waals surface area contributed by atoms with Crippen molar-refractivity contribution in [1.29, 1.82) is 0 Å². The summed E-state index contributed by atoms with van der Waals surface area (Å²) in [5.41, 5.74) is 0. The molecular formula is C16H24N4O2S. The number of aromatic nitrogens is 1. The first kappa shape index (κ1) is 16.2. The zero-order chi connectivity index (χ0) is 16.2. The predicted molar refractivity (Wildman–Crippen MR) is 90.5 cm³/mol. The molecule has 0 aromatic carbocycles. The van der Waals surface area contributed by atoms with E-state index < -0.39 is 0 Å². The highest BCUT2D eigenvalue weighted by molar-refractivity contribution is 7.13. The molecule has 1 unspecified atom stereocenters. The highest BCUT2D eigenvalue weighted by atomic mass is 32.1. The monoisotopic (exact) mass is 336 g/mol. The van der Waals surface area contributed by atoms with Crippen molar-refractivity contribution in [3.63, 3.8) is 0 Å². The lowest BCUT2D eigenvalue weighted by Gasteiger charge is -2.37. The summed E-state index contributed by atoms with van der Waals surface area (Å²) in [6.45, 7) is 4.49. The van der Waals surface area contributed by atoms with Gasteiger partial charge in [-0.25, -0.2) is 4.98 Å². The predicted octanol–water partition coefficient (Wildman–Crippen LogP) is 1.49. The summed E-state index contributed by atoms with van der Waals surface area (Å²) in [6, 6.07) is -0.346. The summed E-state index contributed by atoms with van der Waals surface area (Å²) in [7, 11) is 0. The summed E-state index contributed by atoms with van der Waals surface area (Å²) < 4.78 is 0. The van der Waals surface area contributed by atoms with Gasteiger partial charge >= 0.3 is 0 Å². The lowest BCUT2D eigenvalue weighted by atomic mass is 9.96. The van der Waals surface area contributed by atoms with Gasteiger partial charge in [0, 0.05) is 44.7 Å². The highest BCUT2D eigenvalue weighted by Gasteiger charge is 2.35. The topological polar surface area (TPSA) is 65.5 Å². The number of hydrogen-bond donors (Lipinski definition) is 1. The average molecular weight is 336 g/mol. The maximum atomic E-state index is 12.9. The molecule has 1 atom stereocenters. The standard InChI is InChI=1S/C16H24N4O2S/c1-12(21)18-14(13-4-2-3-5-13)15(22)19-7-9-20(10-8-19)16-17-6-11-23-16/h6,11,13-14H,2-5,7-10H2,1H3,(H,18,21). The van der Waals surface area contributed by atoms with E-state index in [1.165, 1.54) is 6.92 Å². The molecule has 1 aromatic rings. The first-order valence-electron chi connectivity index (χ1n) is 8.35. The quantitative estimate of drug-likeness (QED) is 0.905. The Hall–Kier alpha value is -1.63. The van der Waals surface area contributed by atoms with Crippen molar-refractivity contribution in [2.75, 3.05) is 31.1 Å². The van der Waals surface area contributed by atoms with Crippen LogP contribution in [0.25, 0.3) is 0 Å². The van der Waals surface area contributed by atoms with Crippen LogP contribution in [0.3, 0.4) is 0 Å². The van der Waals surface area contributed by atoms with E-state index in [1.807, 2.05) is 16.5 Å². The molecule has 2 fully saturated rings. The van der Waals surface area contributed by atoms with Crippen LogP contribution in [-0.4, -0.2) is 53.9 Å². The van der Waals surface area contributed by atoms with Crippen LogP contribution < -0.4 is 10.2 Å². The van der Waals surface area contributed by atoms with Crippen molar-refractivity contribution < 1.29 is 9.59 Å². The summed E-state index contributed by atoms with van der Waals surface area (Å²) in [6.07, 6.45) is 6.20. The van der Waals surface area contributed by atoms with Crippen LogP contribution in [0.4, 0.5) is 5.13 Å². The van der Waals surface area contributed by atoms with Crippen LogP contribution in [0.2, 0.25) is 0 Å². The zero-order valence-corrected chi connectivity index (χ0v) is 14.3. The smallest absolute Gasteiger partial charge is 0.245 e. The van der Waals surface area contributed by atoms with Gasteiger partial charge in [-0.15, -0.1) is 11.3 Å². The molecule has 2 amide bonds. The molecule has 7 heteroatoms. The third-order valence-corrected chi connectivity index (χ3v) is 5.61. The number of rotatable bonds is 4. The number of amides is 2. The molecule has 3 rings (SSSR count). The molecular weight excluding hydrogens is 312 g/mol. The van der Waals surface area contributed by atoms with Crippen molar-refractivity contribution in [1.82, 2.24) is 15.2 Å². The Morgan fingerprint density at radius 3 is 2.52 bits per heavy atom. The second kappa shape index (κ2) is 7.29. The van der Waals surface area contributed by atoms with Crippen LogP contribution in [0.5, 0.6) is 0 Å². The van der Waals surface area contributed by atoms with Crippen LogP contribution in [0.15, 0.2) is 11.6 Å². The van der Waals surface area contributed by atoms with E-state index in [-0.39, 0.29) is 17.9 Å². The van der Waals surface area contributed by atoms with Crippen molar-refractivity contribution in [3.8, 4) is 0 Å². The third kappa shape index (κ3) is 3.83. The van der Waals surface area contributed by atoms with Gasteiger partial charge in [-0.3, -0.25) is 9.59 Å². The zero-order valence-electron chi connectivity index (χ0n) is 13.5. The van der Waals surface area contributed by atoms with E-state index in [0.29, 0.717) is 19.0 Å². The minimum absolute atomic E-state index is 0.0888. The van der Waals surface area contributed by atoms with Gasteiger partial charge in [-0.1, -0.05) is 12.8 Å². The number of hydrogen-bond acceptors (Lipinski definition) is 5. The normalized spacial score (nSPS) is 20.6. The van der Waals surface area contributed by atoms with E-state index in [0.717, 1.165) is 43.9 Å². The molecule has 1 aromatic heterocycles. The van der Waals surface area contributed by atoms with Crippen LogP contribution in [0, 0.1) is 5.92 Å². The molecule has 2 heterocycles. The second-order valence-corrected chi connectivity index (χ2v) is 7.22. The van der Waals surface area contributed by atoms with Crippen molar-refractivity contribution in [3.05, 3.63) is 11.6 Å². The van der Waals surface area contributed by atoms with Crippen molar-refractivity contribution >= 4 is 28.3 Å². The fraction of sp³-hybridized carbons (Fsp3) is 0.688. The molecule has 1 N–H and O–H groups in total. The van der Waals surface area contributed by atoms with E-state index in [9.17, 15) is 9.59 Å². The van der Waals surface area contributed by atoms with Gasteiger partial charge in [-0.2, -0.15) is 0 Å². The Morgan fingerprint density at radius 1 is 1.26 bits per heavy atom. The summed E-state index contributed by atoms with van der Waals surface area (Å²) in [4.78, 5) is 32.9. The molecule has 0 radical (unpaired) electrons. The minimum atomic E-state index is -0.346. The van der Waals surface area contributed by atoms with Gasteiger partial charge in [0.2, 0.25) is 11.8 Å². The minimum Gasteiger partial charge on any atom is -0.345 e. The number of nitrogens with zero attached hydrogens (tertiary/aromatic N) is 3. The number of carbonyl (C=O) groups is 2. The first-order chi connectivity index (χ1) is 11.1. The average Bonchev–Trinajstić information content (AvgIpc) is 3.25. The first-order valence-corrected chi connectivity index (χ1v) is 9.23. The lowest BCUT2D eigenvalue weighted by molar-refractivity contribution is -0.137. The van der Waals surface area contributed by atoms with Gasteiger partial charge < -0.3 is 15.1 Å². The summed E-state index contributed by atoms with van der Waals surface area (Å²) >= 11 is 1.63. The molecule has 126 valence electrons. The number of anilines is 1. The maximum Gasteiger partial charge on any atom is 0.245 e. The van der Waals surface area contributed by atoms with E-state index in [4.69, 9.17) is 0 Å². The molecule has 23 heavy (non-hydrogen) atoms. The molecule has 0 spiro atoms. The fourth-order valence-corrected chi connectivity index (χ4v) is 4.27. The van der Waals surface area contributed by atoms with Crippen molar-refractivity contribution in [2.45, 2.75) is 38.6 Å². The van der Waals surface area contributed by atoms with Gasteiger partial charge in [0.25, 0.3) is 0 Å². The van der Waals surface area contributed by atoms with E-state index in [1.54, 1.807) is 11.3 Å². The molecule has 1 aliphatic heterocycles. The van der Waals surface area contributed by atoms with Gasteiger partial charge in [0.1, 0.15) is 6.04 Å². The Balaban J connectivity index is 1.60. The van der Waals surface area contributed by atoms with Crippen LogP contribution >= 0.6 is 11.3 Å². The largest absolute Gasteiger partial charge is 0.345 e. The molecule has 1 aliphatic carbocycles. The van der Waals surface area contributed by atoms with Gasteiger partial charge in [-0.05, 0) is 18.8 Å². The number of piperazine rings is 1. The molecule has 1 saturated heterocycles. The molecule has 6 nitrogen and oxygen atoms in total. The van der Waals surface area contributed by atoms with Gasteiger partial charge in [0.15, 0.2) is 5.13 Å². The Kier molecular flexibility index (Phi) is 5.15. The number of thiazole rings is 1. The van der Waals surface area contributed by atoms with E-state index in [2.05, 4.69) is 15.2 Å². The number of carbonyl (C=O) groups excluding carboxylic acids is 2. The molecule has 0 bridgehead atoms. The Morgan fingerprint density at radius 2 is 1.96 bits per heavy atom. The van der Waals surface area contributed by atoms with Crippen LogP contribution in [0.1, 0.15) is 32.6 Å². The fourth-order valence-electron chi connectivity index (χ4n) is 3.58. The summed E-state index contributed by atoms with van der Waals surface area (Å²) in [5, 5.41) is 5.90. The van der Waals surface area contributed by atoms with Crippen LogP contribution in [-0.2, 0) is 9.59 Å². The van der Waals surface area contributed by atoms with Crippen molar-refractivity contribution in [2.24, 2.45) is 5.92 Å². The molecule has 2 aliphatic rings. The lowest BCUT2D eigenvalue weighted by Crippen LogP contribution is -2.56. The highest BCUT2D eigenvalue weighted by Crippen LogP contribution is 2.29. The Labute approximate surface area is 140 Å². The third-order valence-electron chi connectivity index (χ3n) is 4.78. The second-order valence-electron chi connectivity index (χ2n) is 6.35. The number of nitrogens with one attached hydrogen (secondary N) is 1. The van der Waals surface area contributed by atoms with E-state index >= 15 is 0 Å². The summed E-state index contributed by atoms with van der Waals surface area (Å²) in [5.74, 6) is 0.269. The molecule has 1 saturated carbocycles. The Bertz CT molecular complexity index is 534. The SMILES string of the molecule is CC(=O)NC(C(=O)N1CCN(c2nccs2)CC1)C1CCCC1. The maximum absolute atomic E-state index is 12.9.